The van der Waals surface area contributed by atoms with E-state index in [-0.39, 0.29) is 6.42 Å². The van der Waals surface area contributed by atoms with E-state index in [0.29, 0.717) is 19.2 Å². The number of likely N-dealkylation sites (tertiary alicyclic amines) is 1. The molecule has 1 heterocycles. The zero-order chi connectivity index (χ0) is 17.5. The van der Waals surface area contributed by atoms with Gasteiger partial charge in [0.2, 0.25) is 0 Å². The van der Waals surface area contributed by atoms with Crippen LogP contribution < -0.4 is 4.74 Å². The summed E-state index contributed by atoms with van der Waals surface area (Å²) in [6, 6.07) is 8.68. The lowest BCUT2D eigenvalue weighted by atomic mass is 10.00. The minimum Gasteiger partial charge on any atom is -0.492 e. The normalized spacial score (nSPS) is 20.5. The molecule has 2 aliphatic rings. The number of ether oxygens (including phenoxy) is 1. The maximum absolute atomic E-state index is 10.8. The Morgan fingerprint density at radius 2 is 2.08 bits per heavy atom. The molecule has 1 atom stereocenters. The molecule has 134 valence electrons. The lowest BCUT2D eigenvalue weighted by Gasteiger charge is -2.23. The zero-order valence-electron chi connectivity index (χ0n) is 14.7. The zero-order valence-corrected chi connectivity index (χ0v) is 14.7. The number of hydrogen-bond donors (Lipinski definition) is 1. The van der Waals surface area contributed by atoms with Gasteiger partial charge < -0.3 is 9.84 Å². The van der Waals surface area contributed by atoms with Crippen LogP contribution in [0.5, 0.6) is 5.75 Å². The Hall–Kier alpha value is -2.07. The number of nitrogens with zero attached hydrogens (tertiary/aromatic N) is 1. The predicted octanol–water partition coefficient (Wildman–Crippen LogP) is 3.82. The highest BCUT2D eigenvalue weighted by Gasteiger charge is 2.25. The molecule has 3 rings (SSSR count). The van der Waals surface area contributed by atoms with Crippen molar-refractivity contribution in [2.45, 2.75) is 44.6 Å². The van der Waals surface area contributed by atoms with Crippen LogP contribution in [0.1, 0.15) is 37.7 Å². The van der Waals surface area contributed by atoms with Gasteiger partial charge >= 0.3 is 5.97 Å². The highest BCUT2D eigenvalue weighted by atomic mass is 16.5. The van der Waals surface area contributed by atoms with E-state index in [1.165, 1.54) is 11.1 Å². The van der Waals surface area contributed by atoms with Gasteiger partial charge in [0.15, 0.2) is 0 Å². The molecule has 1 aromatic carbocycles. The topological polar surface area (TPSA) is 49.8 Å². The summed E-state index contributed by atoms with van der Waals surface area (Å²) in [6.45, 7) is 2.22. The average molecular weight is 341 g/mol. The molecule has 0 bridgehead atoms. The monoisotopic (exact) mass is 341 g/mol. The molecule has 1 aromatic rings. The van der Waals surface area contributed by atoms with Crippen molar-refractivity contribution in [3.05, 3.63) is 53.6 Å². The molecule has 0 amide bonds. The third kappa shape index (κ3) is 5.46. The summed E-state index contributed by atoms with van der Waals surface area (Å²) in [5.74, 6) is 0.159. The van der Waals surface area contributed by atoms with E-state index in [4.69, 9.17) is 9.84 Å². The van der Waals surface area contributed by atoms with Gasteiger partial charge in [-0.1, -0.05) is 30.4 Å². The fourth-order valence-corrected chi connectivity index (χ4v) is 3.55. The number of aliphatic carboxylic acids is 1. The van der Waals surface area contributed by atoms with E-state index < -0.39 is 5.97 Å². The van der Waals surface area contributed by atoms with Crippen molar-refractivity contribution < 1.29 is 14.6 Å². The summed E-state index contributed by atoms with van der Waals surface area (Å²) in [6.07, 6.45) is 12.5. The van der Waals surface area contributed by atoms with E-state index in [9.17, 15) is 4.79 Å². The Morgan fingerprint density at radius 3 is 2.80 bits per heavy atom. The minimum atomic E-state index is -0.731. The Morgan fingerprint density at radius 1 is 1.24 bits per heavy atom. The predicted molar refractivity (Wildman–Crippen MR) is 98.9 cm³/mol. The third-order valence-corrected chi connectivity index (χ3v) is 4.96. The molecular formula is C21H27NO3. The Kier molecular flexibility index (Phi) is 6.29. The standard InChI is InChI=1S/C21H27NO3/c23-21(24)12-14-22-13-4-7-19(22)16-25-20-10-8-18(9-11-20)15-17-5-2-1-3-6-17/h2,5-6,8-11,19H,1,3-4,7,12-16H2,(H,23,24). The lowest BCUT2D eigenvalue weighted by molar-refractivity contribution is -0.137. The summed E-state index contributed by atoms with van der Waals surface area (Å²) in [4.78, 5) is 13.0. The van der Waals surface area contributed by atoms with Gasteiger partial charge in [0.1, 0.15) is 12.4 Å². The van der Waals surface area contributed by atoms with Gasteiger partial charge in [-0.05, 0) is 61.9 Å². The Balaban J connectivity index is 1.47. The van der Waals surface area contributed by atoms with E-state index >= 15 is 0 Å². The first-order valence-corrected chi connectivity index (χ1v) is 9.24. The molecule has 1 aliphatic heterocycles. The second kappa shape index (κ2) is 8.86. The van der Waals surface area contributed by atoms with Crippen molar-refractivity contribution in [1.29, 1.82) is 0 Å². The van der Waals surface area contributed by atoms with Gasteiger partial charge in [0.25, 0.3) is 0 Å². The largest absolute Gasteiger partial charge is 0.492 e. The van der Waals surface area contributed by atoms with Gasteiger partial charge in [0.05, 0.1) is 6.42 Å². The van der Waals surface area contributed by atoms with Gasteiger partial charge in [-0.3, -0.25) is 9.69 Å². The summed E-state index contributed by atoms with van der Waals surface area (Å²) in [5, 5.41) is 8.85. The SMILES string of the molecule is O=C(O)CCN1CCCC1COc1ccc(CC2=CCCC=C2)cc1. The number of rotatable bonds is 8. The van der Waals surface area contributed by atoms with E-state index in [0.717, 1.165) is 44.4 Å². The first kappa shape index (κ1) is 17.7. The van der Waals surface area contributed by atoms with Crippen molar-refractivity contribution >= 4 is 5.97 Å². The van der Waals surface area contributed by atoms with Crippen molar-refractivity contribution in [3.63, 3.8) is 0 Å². The van der Waals surface area contributed by atoms with Crippen LogP contribution in [-0.4, -0.2) is 41.7 Å². The van der Waals surface area contributed by atoms with Gasteiger partial charge in [-0.2, -0.15) is 0 Å². The third-order valence-electron chi connectivity index (χ3n) is 4.96. The highest BCUT2D eigenvalue weighted by Crippen LogP contribution is 2.21. The molecule has 0 spiro atoms. The van der Waals surface area contributed by atoms with Gasteiger partial charge in [0, 0.05) is 12.6 Å². The molecule has 4 heteroatoms. The molecule has 1 aliphatic carbocycles. The first-order chi connectivity index (χ1) is 12.2. The van der Waals surface area contributed by atoms with Crippen LogP contribution in [0.2, 0.25) is 0 Å². The average Bonchev–Trinajstić information content (AvgIpc) is 3.08. The second-order valence-corrected chi connectivity index (χ2v) is 6.87. The lowest BCUT2D eigenvalue weighted by Crippen LogP contribution is -2.35. The molecule has 25 heavy (non-hydrogen) atoms. The molecule has 1 unspecified atom stereocenters. The Bertz CT molecular complexity index is 633. The van der Waals surface area contributed by atoms with Crippen LogP contribution in [0, 0.1) is 0 Å². The summed E-state index contributed by atoms with van der Waals surface area (Å²) < 4.78 is 5.95. The van der Waals surface area contributed by atoms with Crippen molar-refractivity contribution in [2.24, 2.45) is 0 Å². The maximum atomic E-state index is 10.8. The molecule has 0 saturated carbocycles. The van der Waals surface area contributed by atoms with Crippen molar-refractivity contribution in [3.8, 4) is 5.75 Å². The molecular weight excluding hydrogens is 314 g/mol. The highest BCUT2D eigenvalue weighted by molar-refractivity contribution is 5.66. The van der Waals surface area contributed by atoms with Crippen molar-refractivity contribution in [1.82, 2.24) is 4.90 Å². The Labute approximate surface area is 149 Å². The molecule has 0 radical (unpaired) electrons. The quantitative estimate of drug-likeness (QED) is 0.781. The van der Waals surface area contributed by atoms with Gasteiger partial charge in [-0.25, -0.2) is 0 Å². The van der Waals surface area contributed by atoms with Crippen LogP contribution in [0.15, 0.2) is 48.1 Å². The molecule has 0 aromatic heterocycles. The molecule has 1 fully saturated rings. The van der Waals surface area contributed by atoms with Crippen molar-refractivity contribution in [2.75, 3.05) is 19.7 Å². The number of carboxylic acids is 1. The molecule has 1 saturated heterocycles. The van der Waals surface area contributed by atoms with Crippen LogP contribution in [0.25, 0.3) is 0 Å². The van der Waals surface area contributed by atoms with Crippen LogP contribution in [0.4, 0.5) is 0 Å². The maximum Gasteiger partial charge on any atom is 0.304 e. The number of benzene rings is 1. The molecule has 1 N–H and O–H groups in total. The number of hydrogen-bond acceptors (Lipinski definition) is 3. The summed E-state index contributed by atoms with van der Waals surface area (Å²) in [7, 11) is 0. The van der Waals surface area contributed by atoms with E-state index in [2.05, 4.69) is 35.3 Å². The first-order valence-electron chi connectivity index (χ1n) is 9.24. The van der Waals surface area contributed by atoms with Crippen LogP contribution in [0.3, 0.4) is 0 Å². The van der Waals surface area contributed by atoms with Crippen LogP contribution in [-0.2, 0) is 11.2 Å². The smallest absolute Gasteiger partial charge is 0.304 e. The minimum absolute atomic E-state index is 0.204. The van der Waals surface area contributed by atoms with E-state index in [1.54, 1.807) is 0 Å². The molecule has 4 nitrogen and oxygen atoms in total. The summed E-state index contributed by atoms with van der Waals surface area (Å²) >= 11 is 0. The fourth-order valence-electron chi connectivity index (χ4n) is 3.55. The summed E-state index contributed by atoms with van der Waals surface area (Å²) in [5.41, 5.74) is 2.69. The fraction of sp³-hybridized carbons (Fsp3) is 0.476. The second-order valence-electron chi connectivity index (χ2n) is 6.87. The van der Waals surface area contributed by atoms with E-state index in [1.807, 2.05) is 12.1 Å². The van der Waals surface area contributed by atoms with Gasteiger partial charge in [-0.15, -0.1) is 0 Å². The van der Waals surface area contributed by atoms with Crippen LogP contribution >= 0.6 is 0 Å². The number of carboxylic acid groups (broad SMARTS) is 1. The number of carbonyl (C=O) groups is 1. The number of allylic oxidation sites excluding steroid dienone is 4.